The summed E-state index contributed by atoms with van der Waals surface area (Å²) in [6.07, 6.45) is 20.8. The Morgan fingerprint density at radius 2 is 1.22 bits per heavy atom. The van der Waals surface area contributed by atoms with Crippen LogP contribution in [0.1, 0.15) is 238 Å². The van der Waals surface area contributed by atoms with E-state index in [-0.39, 0.29) is 45.9 Å². The number of hydrogen-bond donors (Lipinski definition) is 3. The van der Waals surface area contributed by atoms with Crippen molar-refractivity contribution in [2.45, 2.75) is 243 Å². The zero-order chi connectivity index (χ0) is 53.1. The molecular formula is C59H108N2O7S. The molecule has 0 heterocycles. The van der Waals surface area contributed by atoms with Gasteiger partial charge in [-0.25, -0.2) is 0 Å². The minimum absolute atomic E-state index is 0.0235. The molecule has 4 atom stereocenters. The molecule has 0 aliphatic carbocycles. The highest BCUT2D eigenvalue weighted by atomic mass is 32.1. The number of ether oxygens (including phenoxy) is 2. The lowest BCUT2D eigenvalue weighted by molar-refractivity contribution is -0.170. The summed E-state index contributed by atoms with van der Waals surface area (Å²) >= 11 is 4.33. The number of aliphatic hydroxyl groups excluding tert-OH is 1. The van der Waals surface area contributed by atoms with Crippen LogP contribution < -0.4 is 5.32 Å². The fourth-order valence-corrected chi connectivity index (χ4v) is 9.90. The van der Waals surface area contributed by atoms with Crippen molar-refractivity contribution in [2.24, 2.45) is 38.4 Å². The van der Waals surface area contributed by atoms with Gasteiger partial charge in [-0.15, -0.1) is 0 Å². The topological polar surface area (TPSA) is 122 Å². The summed E-state index contributed by atoms with van der Waals surface area (Å²) in [7, 11) is 0. The second-order valence-electron chi connectivity index (χ2n) is 24.0. The lowest BCUT2D eigenvalue weighted by atomic mass is 9.46. The first-order valence-corrected chi connectivity index (χ1v) is 27.7. The maximum absolute atomic E-state index is 14.6. The molecule has 0 radical (unpaired) electrons. The van der Waals surface area contributed by atoms with Gasteiger partial charge in [-0.1, -0.05) is 173 Å². The van der Waals surface area contributed by atoms with Crippen LogP contribution >= 0.6 is 12.6 Å². The minimum Gasteiger partial charge on any atom is -0.513 e. The highest BCUT2D eigenvalue weighted by Gasteiger charge is 2.59. The Balaban J connectivity index is 5.73. The number of unbranched alkanes of at least 4 members (excludes halogenated alkanes) is 10. The van der Waals surface area contributed by atoms with Crippen LogP contribution in [0.3, 0.4) is 0 Å². The molecule has 0 saturated carbocycles. The molecule has 69 heavy (non-hydrogen) atoms. The molecule has 2 N–H and O–H groups in total. The van der Waals surface area contributed by atoms with E-state index in [1.165, 1.54) is 44.9 Å². The maximum atomic E-state index is 14.6. The highest BCUT2D eigenvalue weighted by molar-refractivity contribution is 7.81. The number of Topliss-reactive ketones (excluding diaryl/α,β-unsaturated/α-hetero) is 1. The average Bonchev–Trinajstić information content (AvgIpc) is 3.26. The summed E-state index contributed by atoms with van der Waals surface area (Å²) in [6, 6.07) is 0. The van der Waals surface area contributed by atoms with Gasteiger partial charge in [0.1, 0.15) is 12.1 Å². The van der Waals surface area contributed by atoms with Crippen molar-refractivity contribution in [3.05, 3.63) is 37.0 Å². The normalized spacial score (nSPS) is 15.0. The maximum Gasteiger partial charge on any atom is 0.312 e. The monoisotopic (exact) mass is 989 g/mol. The van der Waals surface area contributed by atoms with Gasteiger partial charge in [-0.3, -0.25) is 14.4 Å². The SMILES string of the molecule is C=C(O)CCC(=O)NCCCCCCCCCCCCN(CCCOC(=O)C(C)(CC(C)(C)C(C)(C)C(C)(CC(C)(C)C(C)CCCC)C(=C)OCCCC(=O)C(C)S)C(C)(C)C)C(=C)CCC=O. The molecule has 0 aromatic carbocycles. The molecule has 10 heteroatoms. The number of carbonyl (C=O) groups is 4. The van der Waals surface area contributed by atoms with E-state index in [2.05, 4.69) is 133 Å². The number of carbonyl (C=O) groups excluding carboxylic acids is 4. The van der Waals surface area contributed by atoms with E-state index in [0.29, 0.717) is 77.2 Å². The molecule has 0 spiro atoms. The number of aliphatic hydroxyl groups is 1. The Kier molecular flexibility index (Phi) is 31.1. The Morgan fingerprint density at radius 3 is 1.74 bits per heavy atom. The van der Waals surface area contributed by atoms with E-state index >= 15 is 0 Å². The van der Waals surface area contributed by atoms with Crippen molar-refractivity contribution in [1.82, 2.24) is 10.2 Å². The van der Waals surface area contributed by atoms with Gasteiger partial charge >= 0.3 is 5.97 Å². The molecule has 402 valence electrons. The molecule has 0 saturated heterocycles. The number of aldehydes is 1. The van der Waals surface area contributed by atoms with Crippen LogP contribution in [0, 0.1) is 38.4 Å². The lowest BCUT2D eigenvalue weighted by Crippen LogP contribution is -2.54. The number of thiol groups is 1. The first kappa shape index (κ1) is 66.2. The fraction of sp³-hybridized carbons (Fsp3) is 0.831. The van der Waals surface area contributed by atoms with Crippen LogP contribution in [0.4, 0.5) is 0 Å². The van der Waals surface area contributed by atoms with E-state index in [9.17, 15) is 19.2 Å². The molecule has 4 unspecified atom stereocenters. The third kappa shape index (κ3) is 23.6. The van der Waals surface area contributed by atoms with E-state index in [0.717, 1.165) is 69.2 Å². The summed E-state index contributed by atoms with van der Waals surface area (Å²) in [6.45, 7) is 46.7. The third-order valence-corrected chi connectivity index (χ3v) is 16.9. The second-order valence-corrected chi connectivity index (χ2v) is 24.8. The van der Waals surface area contributed by atoms with Crippen molar-refractivity contribution in [3.63, 3.8) is 0 Å². The highest BCUT2D eigenvalue weighted by Crippen LogP contribution is 2.64. The second kappa shape index (κ2) is 32.3. The van der Waals surface area contributed by atoms with Gasteiger partial charge in [0, 0.05) is 56.4 Å². The number of ketones is 1. The fourth-order valence-electron chi connectivity index (χ4n) is 9.77. The van der Waals surface area contributed by atoms with Crippen LogP contribution in [-0.4, -0.2) is 72.1 Å². The Bertz CT molecular complexity index is 1560. The van der Waals surface area contributed by atoms with Crippen LogP contribution in [-0.2, 0) is 28.7 Å². The van der Waals surface area contributed by atoms with Gasteiger partial charge in [0.15, 0.2) is 0 Å². The van der Waals surface area contributed by atoms with Crippen molar-refractivity contribution in [1.29, 1.82) is 0 Å². The number of esters is 1. The smallest absolute Gasteiger partial charge is 0.312 e. The van der Waals surface area contributed by atoms with Crippen LogP contribution in [0.25, 0.3) is 0 Å². The molecule has 0 bridgehead atoms. The number of rotatable bonds is 42. The molecule has 0 aliphatic rings. The van der Waals surface area contributed by atoms with E-state index in [4.69, 9.17) is 14.6 Å². The van der Waals surface area contributed by atoms with Gasteiger partial charge in [0.2, 0.25) is 5.91 Å². The third-order valence-electron chi connectivity index (χ3n) is 16.7. The number of nitrogens with one attached hydrogen (secondary N) is 1. The molecular weight excluding hydrogens is 881 g/mol. The van der Waals surface area contributed by atoms with Crippen LogP contribution in [0.15, 0.2) is 37.0 Å². The zero-order valence-electron chi connectivity index (χ0n) is 47.2. The number of nitrogens with zero attached hydrogens (tertiary/aromatic N) is 1. The number of amides is 1. The van der Waals surface area contributed by atoms with Gasteiger partial charge in [0.25, 0.3) is 0 Å². The zero-order valence-corrected chi connectivity index (χ0v) is 48.1. The predicted molar refractivity (Wildman–Crippen MR) is 294 cm³/mol. The van der Waals surface area contributed by atoms with Crippen LogP contribution in [0.5, 0.6) is 0 Å². The molecule has 9 nitrogen and oxygen atoms in total. The van der Waals surface area contributed by atoms with Crippen molar-refractivity contribution in [2.75, 3.05) is 32.8 Å². The molecule has 0 aromatic rings. The van der Waals surface area contributed by atoms with E-state index in [1.807, 2.05) is 6.92 Å². The Hall–Kier alpha value is -2.75. The van der Waals surface area contributed by atoms with Crippen molar-refractivity contribution < 1.29 is 33.8 Å². The minimum atomic E-state index is -0.810. The molecule has 0 fully saturated rings. The summed E-state index contributed by atoms with van der Waals surface area (Å²) in [5.74, 6) is 1.18. The molecule has 0 rings (SSSR count). The van der Waals surface area contributed by atoms with Crippen molar-refractivity contribution in [3.8, 4) is 0 Å². The van der Waals surface area contributed by atoms with Gasteiger partial charge in [-0.2, -0.15) is 12.6 Å². The Morgan fingerprint density at radius 1 is 0.681 bits per heavy atom. The molecule has 0 aromatic heterocycles. The summed E-state index contributed by atoms with van der Waals surface area (Å²) in [5.41, 5.74) is -1.54. The van der Waals surface area contributed by atoms with Gasteiger partial charge in [-0.05, 0) is 86.4 Å². The first-order valence-electron chi connectivity index (χ1n) is 27.2. The van der Waals surface area contributed by atoms with Crippen molar-refractivity contribution >= 4 is 36.6 Å². The summed E-state index contributed by atoms with van der Waals surface area (Å²) < 4.78 is 12.8. The molecule has 0 aliphatic heterocycles. The standard InChI is InChI=1S/C59H108N2O7S/c1-18-19-33-46(2)55(10,11)44-58(16,50(6)67-42-31-35-51(64)49(5)69)57(14,15)56(12,13)45-59(17,54(7,8)9)53(66)68-43-32-40-61(47(3)34-30-41-62)39-29-27-25-23-21-20-22-24-26-28-38-60-52(65)37-36-48(4)63/h41,46,49,63,69H,3-4,6,18-40,42-45H2,1-2,5,7-17H3,(H,60,65). The average molecular weight is 990 g/mol. The molecule has 1 amide bonds. The van der Waals surface area contributed by atoms with E-state index < -0.39 is 21.7 Å². The Labute approximate surface area is 430 Å². The first-order chi connectivity index (χ1) is 32.0. The van der Waals surface area contributed by atoms with Gasteiger partial charge < -0.3 is 29.6 Å². The van der Waals surface area contributed by atoms with Gasteiger partial charge in [0.05, 0.1) is 35.4 Å². The summed E-state index contributed by atoms with van der Waals surface area (Å²) in [5, 5.41) is 11.8. The van der Waals surface area contributed by atoms with E-state index in [1.54, 1.807) is 0 Å². The largest absolute Gasteiger partial charge is 0.513 e. The number of hydrogen-bond acceptors (Lipinski definition) is 9. The lowest BCUT2D eigenvalue weighted by Gasteiger charge is -2.59. The quantitative estimate of drug-likeness (QED) is 0.0182. The summed E-state index contributed by atoms with van der Waals surface area (Å²) in [4.78, 5) is 52.3. The number of allylic oxidation sites excluding steroid dienone is 3. The predicted octanol–water partition coefficient (Wildman–Crippen LogP) is 15.5. The van der Waals surface area contributed by atoms with Crippen LogP contribution in [0.2, 0.25) is 0 Å².